The number of aryl methyl sites for hydroxylation is 1. The van der Waals surface area contributed by atoms with Crippen molar-refractivity contribution in [3.05, 3.63) is 58.2 Å². The van der Waals surface area contributed by atoms with Gasteiger partial charge in [0.1, 0.15) is 4.83 Å². The molecule has 2 heterocycles. The van der Waals surface area contributed by atoms with Crippen LogP contribution in [0, 0.1) is 6.92 Å². The molecule has 0 saturated heterocycles. The summed E-state index contributed by atoms with van der Waals surface area (Å²) in [6.45, 7) is 13.3. The minimum Gasteiger partial charge on any atom is -0.342 e. The Morgan fingerprint density at radius 3 is 2.57 bits per heavy atom. The summed E-state index contributed by atoms with van der Waals surface area (Å²) in [6, 6.07) is 8.14. The maximum Gasteiger partial charge on any atom is 0.263 e. The zero-order valence-electron chi connectivity index (χ0n) is 17.8. The summed E-state index contributed by atoms with van der Waals surface area (Å²) in [5.74, 6) is 0.0519. The highest BCUT2D eigenvalue weighted by Gasteiger charge is 2.23. The molecule has 0 bridgehead atoms. The van der Waals surface area contributed by atoms with Gasteiger partial charge in [-0.05, 0) is 33.3 Å². The number of hydrogen-bond donors (Lipinski definition) is 0. The minimum absolute atomic E-state index is 0.0519. The minimum atomic E-state index is -0.332. The molecule has 1 aromatic carbocycles. The van der Waals surface area contributed by atoms with Crippen molar-refractivity contribution in [2.45, 2.75) is 44.6 Å². The molecule has 1 amide bonds. The lowest BCUT2D eigenvalue weighted by atomic mass is 10.1. The van der Waals surface area contributed by atoms with Crippen molar-refractivity contribution in [2.75, 3.05) is 13.1 Å². The van der Waals surface area contributed by atoms with Gasteiger partial charge in [-0.15, -0.1) is 17.9 Å². The van der Waals surface area contributed by atoms with E-state index in [-0.39, 0.29) is 16.7 Å². The first kappa shape index (κ1) is 22.3. The maximum atomic E-state index is 13.4. The van der Waals surface area contributed by atoms with Crippen molar-refractivity contribution in [3.8, 4) is 11.1 Å². The van der Waals surface area contributed by atoms with Crippen molar-refractivity contribution in [3.63, 3.8) is 0 Å². The molecule has 0 aliphatic heterocycles. The third-order valence-electron chi connectivity index (χ3n) is 5.04. The lowest BCUT2D eigenvalue weighted by Crippen LogP contribution is -2.36. The van der Waals surface area contributed by atoms with E-state index in [4.69, 9.17) is 4.98 Å². The van der Waals surface area contributed by atoms with Gasteiger partial charge in [0.15, 0.2) is 5.16 Å². The fourth-order valence-corrected chi connectivity index (χ4v) is 5.32. The number of aromatic nitrogens is 2. The average Bonchev–Trinajstić information content (AvgIpc) is 3.16. The Kier molecular flexibility index (Phi) is 7.15. The Bertz CT molecular complexity index is 1110. The van der Waals surface area contributed by atoms with Gasteiger partial charge in [-0.3, -0.25) is 14.2 Å². The number of hydrogen-bond acceptors (Lipinski definition) is 5. The number of nitrogens with zero attached hydrogens (tertiary/aromatic N) is 3. The van der Waals surface area contributed by atoms with Crippen LogP contribution in [-0.4, -0.2) is 38.7 Å². The summed E-state index contributed by atoms with van der Waals surface area (Å²) in [4.78, 5) is 33.4. The molecule has 158 valence electrons. The zero-order chi connectivity index (χ0) is 21.8. The number of amides is 1. The van der Waals surface area contributed by atoms with Gasteiger partial charge >= 0.3 is 0 Å². The first-order valence-electron chi connectivity index (χ1n) is 10.1. The number of fused-ring (bicyclic) bond motifs is 1. The Hall–Kier alpha value is -2.38. The smallest absolute Gasteiger partial charge is 0.263 e. The van der Waals surface area contributed by atoms with E-state index < -0.39 is 0 Å². The number of carbonyl (C=O) groups excluding carboxylic acids is 1. The van der Waals surface area contributed by atoms with Gasteiger partial charge in [0.05, 0.1) is 10.6 Å². The maximum absolute atomic E-state index is 13.4. The van der Waals surface area contributed by atoms with E-state index in [1.165, 1.54) is 28.7 Å². The van der Waals surface area contributed by atoms with E-state index in [9.17, 15) is 9.59 Å². The van der Waals surface area contributed by atoms with E-state index in [1.807, 2.05) is 57.3 Å². The van der Waals surface area contributed by atoms with Crippen LogP contribution in [0.15, 0.2) is 52.3 Å². The molecule has 2 aromatic heterocycles. The molecule has 0 saturated carbocycles. The number of thioether (sulfide) groups is 1. The van der Waals surface area contributed by atoms with E-state index in [1.54, 1.807) is 15.5 Å². The summed E-state index contributed by atoms with van der Waals surface area (Å²) >= 11 is 2.79. The Morgan fingerprint density at radius 1 is 1.30 bits per heavy atom. The highest BCUT2D eigenvalue weighted by atomic mass is 32.2. The van der Waals surface area contributed by atoms with E-state index >= 15 is 0 Å². The van der Waals surface area contributed by atoms with Crippen LogP contribution < -0.4 is 5.56 Å². The highest BCUT2D eigenvalue weighted by molar-refractivity contribution is 8.00. The fraction of sp³-hybridized carbons (Fsp3) is 0.348. The van der Waals surface area contributed by atoms with Crippen LogP contribution in [0.5, 0.6) is 0 Å². The lowest BCUT2D eigenvalue weighted by molar-refractivity contribution is -0.129. The molecule has 3 aromatic rings. The van der Waals surface area contributed by atoms with E-state index in [0.29, 0.717) is 35.0 Å². The van der Waals surface area contributed by atoms with Gasteiger partial charge in [0, 0.05) is 30.6 Å². The van der Waals surface area contributed by atoms with Gasteiger partial charge in [0.2, 0.25) is 5.91 Å². The van der Waals surface area contributed by atoms with Gasteiger partial charge < -0.3 is 4.90 Å². The lowest BCUT2D eigenvalue weighted by Gasteiger charge is -2.23. The molecule has 0 aliphatic carbocycles. The topological polar surface area (TPSA) is 55.2 Å². The van der Waals surface area contributed by atoms with E-state index in [0.717, 1.165) is 11.1 Å². The van der Waals surface area contributed by atoms with Crippen LogP contribution in [0.25, 0.3) is 21.3 Å². The van der Waals surface area contributed by atoms with Gasteiger partial charge in [-0.25, -0.2) is 4.98 Å². The molecule has 0 fully saturated rings. The molecule has 1 unspecified atom stereocenters. The van der Waals surface area contributed by atoms with E-state index in [2.05, 4.69) is 6.58 Å². The van der Waals surface area contributed by atoms with Crippen LogP contribution in [0.4, 0.5) is 0 Å². The molecule has 0 spiro atoms. The average molecular weight is 442 g/mol. The Balaban J connectivity index is 2.07. The standard InChI is InChI=1S/C23H27N3O2S2/c1-6-13-26-22(28)19-18(17-11-9-15(4)10-12-17)14-29-20(19)24-23(26)30-16(5)21(27)25(7-2)8-3/h6,9-12,14,16H,1,7-8,13H2,2-5H3. The van der Waals surface area contributed by atoms with Crippen molar-refractivity contribution in [1.29, 1.82) is 0 Å². The molecule has 7 heteroatoms. The predicted molar refractivity (Wildman–Crippen MR) is 127 cm³/mol. The molecule has 5 nitrogen and oxygen atoms in total. The van der Waals surface area contributed by atoms with Crippen molar-refractivity contribution in [2.24, 2.45) is 0 Å². The van der Waals surface area contributed by atoms with Crippen molar-refractivity contribution in [1.82, 2.24) is 14.5 Å². The first-order valence-corrected chi connectivity index (χ1v) is 11.8. The number of rotatable bonds is 8. The fourth-order valence-electron chi connectivity index (χ4n) is 3.33. The molecule has 1 atom stereocenters. The predicted octanol–water partition coefficient (Wildman–Crippen LogP) is 4.97. The SMILES string of the molecule is C=CCn1c(SC(C)C(=O)N(CC)CC)nc2scc(-c3ccc(C)cc3)c2c1=O. The first-order chi connectivity index (χ1) is 14.4. The molecule has 0 N–H and O–H groups in total. The second kappa shape index (κ2) is 9.62. The quantitative estimate of drug-likeness (QED) is 0.281. The number of allylic oxidation sites excluding steroid dienone is 1. The van der Waals surface area contributed by atoms with Crippen LogP contribution in [0.3, 0.4) is 0 Å². The number of thiophene rings is 1. The molecular weight excluding hydrogens is 414 g/mol. The molecule has 3 rings (SSSR count). The largest absolute Gasteiger partial charge is 0.342 e. The van der Waals surface area contributed by atoms with Crippen LogP contribution in [-0.2, 0) is 11.3 Å². The third-order valence-corrected chi connectivity index (χ3v) is 6.99. The summed E-state index contributed by atoms with van der Waals surface area (Å²) in [7, 11) is 0. The summed E-state index contributed by atoms with van der Waals surface area (Å²) in [5, 5.41) is 2.83. The summed E-state index contributed by atoms with van der Waals surface area (Å²) in [6.07, 6.45) is 1.69. The third kappa shape index (κ3) is 4.37. The summed E-state index contributed by atoms with van der Waals surface area (Å²) in [5.41, 5.74) is 2.98. The zero-order valence-corrected chi connectivity index (χ0v) is 19.5. The van der Waals surface area contributed by atoms with Crippen molar-refractivity contribution >= 4 is 39.2 Å². The van der Waals surface area contributed by atoms with Gasteiger partial charge in [-0.1, -0.05) is 47.7 Å². The normalized spacial score (nSPS) is 12.1. The van der Waals surface area contributed by atoms with Crippen LogP contribution >= 0.6 is 23.1 Å². The molecule has 0 radical (unpaired) electrons. The van der Waals surface area contributed by atoms with Crippen LogP contribution in [0.1, 0.15) is 26.3 Å². The molecule has 30 heavy (non-hydrogen) atoms. The Morgan fingerprint density at radius 2 is 1.97 bits per heavy atom. The van der Waals surface area contributed by atoms with Crippen LogP contribution in [0.2, 0.25) is 0 Å². The van der Waals surface area contributed by atoms with Gasteiger partial charge in [-0.2, -0.15) is 0 Å². The monoisotopic (exact) mass is 441 g/mol. The highest BCUT2D eigenvalue weighted by Crippen LogP contribution is 2.33. The summed E-state index contributed by atoms with van der Waals surface area (Å²) < 4.78 is 1.62. The Labute approximate surface area is 185 Å². The number of carbonyl (C=O) groups is 1. The second-order valence-corrected chi connectivity index (χ2v) is 9.23. The molecule has 0 aliphatic rings. The van der Waals surface area contributed by atoms with Gasteiger partial charge in [0.25, 0.3) is 5.56 Å². The second-order valence-electron chi connectivity index (χ2n) is 7.06. The number of benzene rings is 1. The molecular formula is C23H27N3O2S2. The van der Waals surface area contributed by atoms with Crippen molar-refractivity contribution < 1.29 is 4.79 Å².